The molecule has 0 aromatic rings. The Balaban J connectivity index is 2.47. The fourth-order valence-electron chi connectivity index (χ4n) is 3.40. The van der Waals surface area contributed by atoms with E-state index in [0.29, 0.717) is 5.41 Å². The molecule has 0 radical (unpaired) electrons. The molecule has 2 nitrogen and oxygen atoms in total. The molecule has 0 aliphatic carbocycles. The lowest BCUT2D eigenvalue weighted by atomic mass is 9.85. The molecule has 1 rings (SSSR count). The van der Waals surface area contributed by atoms with Crippen molar-refractivity contribution in [3.05, 3.63) is 0 Å². The summed E-state index contributed by atoms with van der Waals surface area (Å²) in [4.78, 5) is 2.67. The highest BCUT2D eigenvalue weighted by atomic mass is 15.1. The van der Waals surface area contributed by atoms with E-state index in [0.717, 1.165) is 18.4 Å². The Morgan fingerprint density at radius 2 is 2.00 bits per heavy atom. The van der Waals surface area contributed by atoms with Crippen molar-refractivity contribution in [3.8, 4) is 0 Å². The Hall–Kier alpha value is -0.0800. The van der Waals surface area contributed by atoms with Crippen LogP contribution in [-0.2, 0) is 0 Å². The maximum Gasteiger partial charge on any atom is 0.00474 e. The Labute approximate surface area is 114 Å². The minimum absolute atomic E-state index is 0.326. The molecule has 18 heavy (non-hydrogen) atoms. The molecule has 0 aromatic heterocycles. The van der Waals surface area contributed by atoms with Crippen molar-refractivity contribution >= 4 is 0 Å². The number of nitrogens with zero attached hydrogens (tertiary/aromatic N) is 1. The molecule has 1 heterocycles. The zero-order valence-corrected chi connectivity index (χ0v) is 13.0. The van der Waals surface area contributed by atoms with E-state index in [1.54, 1.807) is 0 Å². The molecule has 1 aliphatic rings. The van der Waals surface area contributed by atoms with Crippen LogP contribution in [0.1, 0.15) is 59.8 Å². The maximum absolute atomic E-state index is 6.00. The van der Waals surface area contributed by atoms with Gasteiger partial charge in [0.2, 0.25) is 0 Å². The van der Waals surface area contributed by atoms with Crippen LogP contribution in [0.3, 0.4) is 0 Å². The highest BCUT2D eigenvalue weighted by Gasteiger charge is 2.27. The van der Waals surface area contributed by atoms with Crippen LogP contribution in [0, 0.1) is 17.3 Å². The number of hydrogen-bond acceptors (Lipinski definition) is 2. The van der Waals surface area contributed by atoms with Crippen molar-refractivity contribution in [2.75, 3.05) is 26.2 Å². The second-order valence-electron chi connectivity index (χ2n) is 6.98. The van der Waals surface area contributed by atoms with Crippen molar-refractivity contribution in [2.24, 2.45) is 23.0 Å². The molecule has 2 N–H and O–H groups in total. The third kappa shape index (κ3) is 4.89. The summed E-state index contributed by atoms with van der Waals surface area (Å²) in [5, 5.41) is 0. The highest BCUT2D eigenvalue weighted by molar-refractivity contribution is 4.81. The normalized spacial score (nSPS) is 26.0. The topological polar surface area (TPSA) is 29.3 Å². The SMILES string of the molecule is CCCC(C)(CN)CN1CCCC(C(C)C)CC1. The molecule has 1 fully saturated rings. The van der Waals surface area contributed by atoms with Gasteiger partial charge in [-0.15, -0.1) is 0 Å². The minimum Gasteiger partial charge on any atom is -0.330 e. The van der Waals surface area contributed by atoms with Crippen molar-refractivity contribution < 1.29 is 0 Å². The van der Waals surface area contributed by atoms with Gasteiger partial charge in [-0.25, -0.2) is 0 Å². The van der Waals surface area contributed by atoms with E-state index in [9.17, 15) is 0 Å². The van der Waals surface area contributed by atoms with Gasteiger partial charge in [-0.3, -0.25) is 0 Å². The molecule has 1 saturated heterocycles. The predicted octanol–water partition coefficient (Wildman–Crippen LogP) is 3.51. The van der Waals surface area contributed by atoms with Crippen LogP contribution in [0.2, 0.25) is 0 Å². The molecule has 2 atom stereocenters. The molecule has 2 unspecified atom stereocenters. The van der Waals surface area contributed by atoms with Crippen molar-refractivity contribution in [1.82, 2.24) is 4.90 Å². The summed E-state index contributed by atoms with van der Waals surface area (Å²) < 4.78 is 0. The average molecular weight is 254 g/mol. The fourth-order valence-corrected chi connectivity index (χ4v) is 3.40. The van der Waals surface area contributed by atoms with E-state index in [1.807, 2.05) is 0 Å². The monoisotopic (exact) mass is 254 g/mol. The molecule has 0 amide bonds. The van der Waals surface area contributed by atoms with Crippen molar-refractivity contribution in [1.29, 1.82) is 0 Å². The molecular weight excluding hydrogens is 220 g/mol. The van der Waals surface area contributed by atoms with Crippen LogP contribution in [0.15, 0.2) is 0 Å². The van der Waals surface area contributed by atoms with E-state index in [-0.39, 0.29) is 0 Å². The quantitative estimate of drug-likeness (QED) is 0.786. The van der Waals surface area contributed by atoms with Crippen LogP contribution < -0.4 is 5.73 Å². The van der Waals surface area contributed by atoms with Gasteiger partial charge in [0.1, 0.15) is 0 Å². The molecule has 0 bridgehead atoms. The molecule has 108 valence electrons. The lowest BCUT2D eigenvalue weighted by Gasteiger charge is -2.34. The second kappa shape index (κ2) is 7.49. The summed E-state index contributed by atoms with van der Waals surface area (Å²) >= 11 is 0. The van der Waals surface area contributed by atoms with Gasteiger partial charge in [0, 0.05) is 6.54 Å². The lowest BCUT2D eigenvalue weighted by Crippen LogP contribution is -2.41. The summed E-state index contributed by atoms with van der Waals surface area (Å²) in [6.45, 7) is 14.0. The summed E-state index contributed by atoms with van der Waals surface area (Å²) in [6.07, 6.45) is 6.67. The van der Waals surface area contributed by atoms with E-state index in [1.165, 1.54) is 51.7 Å². The molecular formula is C16H34N2. The molecule has 2 heteroatoms. The standard InChI is InChI=1S/C16H34N2/c1-5-9-16(4,12-17)13-18-10-6-7-15(8-11-18)14(2)3/h14-15H,5-13,17H2,1-4H3. The second-order valence-corrected chi connectivity index (χ2v) is 6.98. The molecule has 0 spiro atoms. The molecule has 1 aliphatic heterocycles. The van der Waals surface area contributed by atoms with Crippen LogP contribution in [-0.4, -0.2) is 31.1 Å². The van der Waals surface area contributed by atoms with E-state index in [4.69, 9.17) is 5.73 Å². The zero-order valence-electron chi connectivity index (χ0n) is 13.0. The fraction of sp³-hybridized carbons (Fsp3) is 1.00. The van der Waals surface area contributed by atoms with Gasteiger partial charge in [-0.1, -0.05) is 34.1 Å². The predicted molar refractivity (Wildman–Crippen MR) is 80.7 cm³/mol. The first-order valence-electron chi connectivity index (χ1n) is 7.93. The van der Waals surface area contributed by atoms with Gasteiger partial charge >= 0.3 is 0 Å². The van der Waals surface area contributed by atoms with Gasteiger partial charge in [0.05, 0.1) is 0 Å². The van der Waals surface area contributed by atoms with Gasteiger partial charge in [0.25, 0.3) is 0 Å². The van der Waals surface area contributed by atoms with Crippen LogP contribution in [0.4, 0.5) is 0 Å². The largest absolute Gasteiger partial charge is 0.330 e. The molecule has 0 saturated carbocycles. The first-order chi connectivity index (χ1) is 8.50. The van der Waals surface area contributed by atoms with E-state index < -0.39 is 0 Å². The van der Waals surface area contributed by atoms with E-state index in [2.05, 4.69) is 32.6 Å². The lowest BCUT2D eigenvalue weighted by molar-refractivity contribution is 0.160. The smallest absolute Gasteiger partial charge is 0.00474 e. The van der Waals surface area contributed by atoms with Gasteiger partial charge in [-0.2, -0.15) is 0 Å². The molecule has 0 aromatic carbocycles. The average Bonchev–Trinajstić information content (AvgIpc) is 2.55. The summed E-state index contributed by atoms with van der Waals surface area (Å²) in [6, 6.07) is 0. The Bertz CT molecular complexity index is 227. The van der Waals surface area contributed by atoms with Crippen molar-refractivity contribution in [3.63, 3.8) is 0 Å². The summed E-state index contributed by atoms with van der Waals surface area (Å²) in [7, 11) is 0. The number of nitrogens with two attached hydrogens (primary N) is 1. The minimum atomic E-state index is 0.326. The summed E-state index contributed by atoms with van der Waals surface area (Å²) in [5.74, 6) is 1.78. The van der Waals surface area contributed by atoms with E-state index >= 15 is 0 Å². The third-order valence-electron chi connectivity index (χ3n) is 4.76. The van der Waals surface area contributed by atoms with Gasteiger partial charge in [-0.05, 0) is 62.6 Å². The van der Waals surface area contributed by atoms with Crippen LogP contribution in [0.5, 0.6) is 0 Å². The third-order valence-corrected chi connectivity index (χ3v) is 4.76. The first kappa shape index (κ1) is 16.0. The number of hydrogen-bond donors (Lipinski definition) is 1. The van der Waals surface area contributed by atoms with Gasteiger partial charge in [0.15, 0.2) is 0 Å². The Kier molecular flexibility index (Phi) is 6.65. The number of rotatable bonds is 6. The Morgan fingerprint density at radius 3 is 2.56 bits per heavy atom. The highest BCUT2D eigenvalue weighted by Crippen LogP contribution is 2.28. The van der Waals surface area contributed by atoms with Crippen LogP contribution in [0.25, 0.3) is 0 Å². The maximum atomic E-state index is 6.00. The van der Waals surface area contributed by atoms with Crippen molar-refractivity contribution in [2.45, 2.75) is 59.8 Å². The Morgan fingerprint density at radius 1 is 1.28 bits per heavy atom. The van der Waals surface area contributed by atoms with Crippen LogP contribution >= 0.6 is 0 Å². The summed E-state index contributed by atoms with van der Waals surface area (Å²) in [5.41, 5.74) is 6.32. The van der Waals surface area contributed by atoms with Gasteiger partial charge < -0.3 is 10.6 Å². The zero-order chi connectivity index (χ0) is 13.6. The first-order valence-corrected chi connectivity index (χ1v) is 7.93. The number of likely N-dealkylation sites (tertiary alicyclic amines) is 1.